The fourth-order valence-corrected chi connectivity index (χ4v) is 2.99. The Morgan fingerprint density at radius 1 is 1.17 bits per heavy atom. The maximum atomic E-state index is 11.5. The number of carbonyl (C=O) groups is 2. The van der Waals surface area contributed by atoms with E-state index in [9.17, 15) is 18.0 Å². The van der Waals surface area contributed by atoms with Crippen LogP contribution in [-0.2, 0) is 17.8 Å². The van der Waals surface area contributed by atoms with Crippen molar-refractivity contribution in [2.24, 2.45) is 5.73 Å². The number of halogens is 3. The summed E-state index contributed by atoms with van der Waals surface area (Å²) >= 11 is 0. The first kappa shape index (κ1) is 20.3. The second kappa shape index (κ2) is 7.92. The lowest BCUT2D eigenvalue weighted by Gasteiger charge is -2.17. The average molecular weight is 406 g/mol. The van der Waals surface area contributed by atoms with Gasteiger partial charge in [0.25, 0.3) is 5.91 Å². The van der Waals surface area contributed by atoms with Gasteiger partial charge in [0.05, 0.1) is 11.3 Å². The third-order valence-corrected chi connectivity index (χ3v) is 4.39. The summed E-state index contributed by atoms with van der Waals surface area (Å²) in [5, 5.41) is 16.0. The highest BCUT2D eigenvalue weighted by Crippen LogP contribution is 2.22. The molecule has 1 aromatic heterocycles. The molecule has 3 aromatic rings. The minimum Gasteiger partial charge on any atom is -0.475 e. The summed E-state index contributed by atoms with van der Waals surface area (Å²) in [6.45, 7) is 1.91. The van der Waals surface area contributed by atoms with Gasteiger partial charge in [0.2, 0.25) is 0 Å². The van der Waals surface area contributed by atoms with Crippen LogP contribution < -0.4 is 11.1 Å². The van der Waals surface area contributed by atoms with Gasteiger partial charge in [0.1, 0.15) is 5.52 Å². The molecule has 4 N–H and O–H groups in total. The SMILES string of the molecule is NC(=O)c1cccc2cn(-c3ccc4c(c3)CNCC4)nc12.O=C(O)C(F)(F)F. The van der Waals surface area contributed by atoms with Crippen LogP contribution in [0.1, 0.15) is 21.5 Å². The van der Waals surface area contributed by atoms with Gasteiger partial charge in [-0.1, -0.05) is 18.2 Å². The standard InChI is InChI=1S/C17H16N4O.C2HF3O2/c18-17(22)15-3-1-2-12-10-21(20-16(12)15)14-5-4-11-6-7-19-9-13(11)8-14;3-2(4,5)1(6)7/h1-5,8,10,19H,6-7,9H2,(H2,18,22);(H,6,7). The van der Waals surface area contributed by atoms with E-state index in [0.29, 0.717) is 11.1 Å². The van der Waals surface area contributed by atoms with Crippen LogP contribution in [0.25, 0.3) is 16.6 Å². The van der Waals surface area contributed by atoms with Crippen molar-refractivity contribution in [2.45, 2.75) is 19.1 Å². The lowest BCUT2D eigenvalue weighted by molar-refractivity contribution is -0.192. The molecule has 0 saturated heterocycles. The van der Waals surface area contributed by atoms with Gasteiger partial charge in [-0.15, -0.1) is 0 Å². The summed E-state index contributed by atoms with van der Waals surface area (Å²) in [5.41, 5.74) is 10.2. The predicted molar refractivity (Wildman–Crippen MR) is 98.7 cm³/mol. The number of hydrogen-bond donors (Lipinski definition) is 3. The molecule has 2 heterocycles. The summed E-state index contributed by atoms with van der Waals surface area (Å²) in [6.07, 6.45) is -2.09. The van der Waals surface area contributed by atoms with Gasteiger partial charge in [-0.2, -0.15) is 18.3 Å². The molecule has 29 heavy (non-hydrogen) atoms. The van der Waals surface area contributed by atoms with Gasteiger partial charge in [-0.25, -0.2) is 9.48 Å². The number of carboxylic acid groups (broad SMARTS) is 1. The van der Waals surface area contributed by atoms with Crippen molar-refractivity contribution in [1.29, 1.82) is 0 Å². The molecule has 7 nitrogen and oxygen atoms in total. The lowest BCUT2D eigenvalue weighted by Crippen LogP contribution is -2.23. The fourth-order valence-electron chi connectivity index (χ4n) is 2.99. The van der Waals surface area contributed by atoms with Gasteiger partial charge < -0.3 is 16.2 Å². The molecule has 10 heteroatoms. The zero-order chi connectivity index (χ0) is 21.2. The van der Waals surface area contributed by atoms with E-state index in [1.165, 1.54) is 11.1 Å². The number of carboxylic acids is 1. The van der Waals surface area contributed by atoms with Crippen LogP contribution in [0.5, 0.6) is 0 Å². The Bertz CT molecular complexity index is 1080. The smallest absolute Gasteiger partial charge is 0.475 e. The van der Waals surface area contributed by atoms with E-state index in [-0.39, 0.29) is 0 Å². The van der Waals surface area contributed by atoms with E-state index in [2.05, 4.69) is 28.6 Å². The van der Waals surface area contributed by atoms with Crippen molar-refractivity contribution >= 4 is 22.8 Å². The topological polar surface area (TPSA) is 110 Å². The molecule has 0 spiro atoms. The molecule has 0 unspecified atom stereocenters. The zero-order valence-corrected chi connectivity index (χ0v) is 15.0. The molecular weight excluding hydrogens is 389 g/mol. The van der Waals surface area contributed by atoms with Crippen molar-refractivity contribution < 1.29 is 27.9 Å². The van der Waals surface area contributed by atoms with Crippen molar-refractivity contribution in [3.63, 3.8) is 0 Å². The van der Waals surface area contributed by atoms with Gasteiger partial charge in [-0.05, 0) is 42.3 Å². The fraction of sp³-hybridized carbons (Fsp3) is 0.211. The summed E-state index contributed by atoms with van der Waals surface area (Å²) in [7, 11) is 0. The minimum absolute atomic E-state index is 0.453. The van der Waals surface area contributed by atoms with E-state index in [1.807, 2.05) is 23.0 Å². The number of rotatable bonds is 2. The molecule has 4 rings (SSSR count). The number of aromatic nitrogens is 2. The second-order valence-electron chi connectivity index (χ2n) is 6.36. The molecule has 0 radical (unpaired) electrons. The quantitative estimate of drug-likeness (QED) is 0.605. The van der Waals surface area contributed by atoms with Crippen molar-refractivity contribution in [1.82, 2.24) is 15.1 Å². The third-order valence-electron chi connectivity index (χ3n) is 4.39. The van der Waals surface area contributed by atoms with E-state index < -0.39 is 18.1 Å². The predicted octanol–water partition coefficient (Wildman–Crippen LogP) is 2.40. The lowest BCUT2D eigenvalue weighted by atomic mass is 10.0. The second-order valence-corrected chi connectivity index (χ2v) is 6.36. The Kier molecular flexibility index (Phi) is 5.55. The van der Waals surface area contributed by atoms with Gasteiger partial charge in [0.15, 0.2) is 0 Å². The zero-order valence-electron chi connectivity index (χ0n) is 15.0. The van der Waals surface area contributed by atoms with E-state index in [0.717, 1.165) is 30.6 Å². The molecule has 152 valence electrons. The number of benzene rings is 2. The van der Waals surface area contributed by atoms with Crippen LogP contribution in [0.2, 0.25) is 0 Å². The highest BCUT2D eigenvalue weighted by molar-refractivity contribution is 6.04. The molecule has 2 aromatic carbocycles. The number of nitrogens with one attached hydrogen (secondary N) is 1. The molecule has 0 aliphatic carbocycles. The number of amides is 1. The molecule has 1 aliphatic rings. The highest BCUT2D eigenvalue weighted by Gasteiger charge is 2.38. The van der Waals surface area contributed by atoms with Crippen molar-refractivity contribution in [3.05, 3.63) is 59.3 Å². The summed E-state index contributed by atoms with van der Waals surface area (Å²) < 4.78 is 33.5. The maximum absolute atomic E-state index is 11.5. The van der Waals surface area contributed by atoms with Crippen LogP contribution in [0.4, 0.5) is 13.2 Å². The Labute approximate surface area is 162 Å². The molecule has 0 saturated carbocycles. The first-order valence-corrected chi connectivity index (χ1v) is 8.58. The maximum Gasteiger partial charge on any atom is 0.490 e. The van der Waals surface area contributed by atoms with Crippen LogP contribution in [0, 0.1) is 0 Å². The molecular formula is C19H17F3N4O3. The Balaban J connectivity index is 0.000000298. The van der Waals surface area contributed by atoms with Crippen LogP contribution >= 0.6 is 0 Å². The van der Waals surface area contributed by atoms with Crippen molar-refractivity contribution in [2.75, 3.05) is 6.54 Å². The summed E-state index contributed by atoms with van der Waals surface area (Å²) in [4.78, 5) is 20.4. The Morgan fingerprint density at radius 2 is 1.90 bits per heavy atom. The largest absolute Gasteiger partial charge is 0.490 e. The number of carbonyl (C=O) groups excluding carboxylic acids is 1. The summed E-state index contributed by atoms with van der Waals surface area (Å²) in [5.74, 6) is -3.21. The average Bonchev–Trinajstić information content (AvgIpc) is 3.11. The number of nitrogens with two attached hydrogens (primary N) is 1. The van der Waals surface area contributed by atoms with Crippen molar-refractivity contribution in [3.8, 4) is 5.69 Å². The number of fused-ring (bicyclic) bond motifs is 2. The Hall–Kier alpha value is -3.40. The van der Waals surface area contributed by atoms with Crippen LogP contribution in [-0.4, -0.2) is 39.5 Å². The van der Waals surface area contributed by atoms with Gasteiger partial charge in [0, 0.05) is 18.1 Å². The number of hydrogen-bond acceptors (Lipinski definition) is 4. The number of alkyl halides is 3. The van der Waals surface area contributed by atoms with E-state index in [4.69, 9.17) is 15.6 Å². The highest BCUT2D eigenvalue weighted by atomic mass is 19.4. The number of aliphatic carboxylic acids is 1. The molecule has 1 aliphatic heterocycles. The third kappa shape index (κ3) is 4.54. The van der Waals surface area contributed by atoms with Gasteiger partial charge >= 0.3 is 12.1 Å². The first-order chi connectivity index (χ1) is 13.7. The Morgan fingerprint density at radius 3 is 2.55 bits per heavy atom. The van der Waals surface area contributed by atoms with E-state index >= 15 is 0 Å². The first-order valence-electron chi connectivity index (χ1n) is 8.58. The summed E-state index contributed by atoms with van der Waals surface area (Å²) in [6, 6.07) is 11.8. The van der Waals surface area contributed by atoms with Crippen LogP contribution in [0.3, 0.4) is 0 Å². The molecule has 1 amide bonds. The molecule has 0 atom stereocenters. The monoisotopic (exact) mass is 406 g/mol. The minimum atomic E-state index is -5.08. The molecule has 0 fully saturated rings. The normalized spacial score (nSPS) is 13.3. The molecule has 0 bridgehead atoms. The number of nitrogens with zero attached hydrogens (tertiary/aromatic N) is 2. The number of primary amides is 1. The van der Waals surface area contributed by atoms with Gasteiger partial charge in [-0.3, -0.25) is 4.79 Å². The van der Waals surface area contributed by atoms with E-state index in [1.54, 1.807) is 6.07 Å². The van der Waals surface area contributed by atoms with Crippen LogP contribution in [0.15, 0.2) is 42.6 Å².